The van der Waals surface area contributed by atoms with Gasteiger partial charge < -0.3 is 15.0 Å². The van der Waals surface area contributed by atoms with Gasteiger partial charge in [0.05, 0.1) is 0 Å². The lowest BCUT2D eigenvalue weighted by molar-refractivity contribution is -0.142. The molecule has 0 fully saturated rings. The highest BCUT2D eigenvalue weighted by atomic mass is 35.5. The van der Waals surface area contributed by atoms with E-state index >= 15 is 0 Å². The lowest BCUT2D eigenvalue weighted by Gasteiger charge is -2.32. The van der Waals surface area contributed by atoms with Gasteiger partial charge in [0.2, 0.25) is 5.91 Å². The molecule has 0 saturated heterocycles. The minimum absolute atomic E-state index is 0.149. The highest BCUT2D eigenvalue weighted by molar-refractivity contribution is 6.31. The van der Waals surface area contributed by atoms with E-state index in [0.717, 1.165) is 16.7 Å². The number of ether oxygens (including phenoxy) is 1. The first-order valence-electron chi connectivity index (χ1n) is 13.1. The molecule has 3 aromatic carbocycles. The van der Waals surface area contributed by atoms with Crippen LogP contribution in [0.5, 0.6) is 5.75 Å². The predicted octanol–water partition coefficient (Wildman–Crippen LogP) is 6.43. The molecule has 5 nitrogen and oxygen atoms in total. The van der Waals surface area contributed by atoms with Gasteiger partial charge in [0, 0.05) is 24.5 Å². The predicted molar refractivity (Wildman–Crippen MR) is 154 cm³/mol. The summed E-state index contributed by atoms with van der Waals surface area (Å²) in [5.74, 6) is 0.462. The number of nitrogens with one attached hydrogen (secondary N) is 1. The third-order valence-electron chi connectivity index (χ3n) is 6.30. The van der Waals surface area contributed by atoms with Gasteiger partial charge in [-0.05, 0) is 40.2 Å². The second-order valence-corrected chi connectivity index (χ2v) is 11.4. The monoisotopic (exact) mass is 534 g/mol. The zero-order valence-electron chi connectivity index (χ0n) is 23.0. The lowest BCUT2D eigenvalue weighted by Crippen LogP contribution is -2.52. The van der Waals surface area contributed by atoms with Crippen molar-refractivity contribution >= 4 is 23.4 Å². The van der Waals surface area contributed by atoms with Gasteiger partial charge in [0.15, 0.2) is 6.61 Å². The summed E-state index contributed by atoms with van der Waals surface area (Å²) in [7, 11) is 0. The van der Waals surface area contributed by atoms with Gasteiger partial charge in [-0.25, -0.2) is 0 Å². The third kappa shape index (κ3) is 8.35. The third-order valence-corrected chi connectivity index (χ3v) is 6.67. The molecule has 1 N–H and O–H groups in total. The van der Waals surface area contributed by atoms with Gasteiger partial charge >= 0.3 is 0 Å². The smallest absolute Gasteiger partial charge is 0.261 e. The molecule has 3 aromatic rings. The van der Waals surface area contributed by atoms with Crippen LogP contribution in [0.25, 0.3) is 0 Å². The van der Waals surface area contributed by atoms with Crippen LogP contribution >= 0.6 is 11.6 Å². The van der Waals surface area contributed by atoms with E-state index in [1.54, 1.807) is 11.0 Å². The number of rotatable bonds is 11. The summed E-state index contributed by atoms with van der Waals surface area (Å²) in [6, 6.07) is 24.2. The molecular weight excluding hydrogens is 496 g/mol. The highest BCUT2D eigenvalue weighted by Crippen LogP contribution is 2.31. The van der Waals surface area contributed by atoms with Crippen molar-refractivity contribution in [2.45, 2.75) is 59.0 Å². The molecule has 0 spiro atoms. The zero-order chi connectivity index (χ0) is 27.7. The fourth-order valence-electron chi connectivity index (χ4n) is 4.22. The Hall–Kier alpha value is -3.31. The molecule has 0 saturated carbocycles. The minimum atomic E-state index is -0.735. The normalized spacial score (nSPS) is 12.2. The SMILES string of the molecule is CC(C)CNC(=O)[C@H](Cc1ccccc1)N(Cc1ccccc1Cl)C(=O)COc1ccccc1C(C)(C)C. The number of hydrogen-bond donors (Lipinski definition) is 1. The zero-order valence-corrected chi connectivity index (χ0v) is 23.8. The van der Waals surface area contributed by atoms with Crippen molar-refractivity contribution in [2.24, 2.45) is 5.92 Å². The van der Waals surface area contributed by atoms with Gasteiger partial charge in [0.1, 0.15) is 11.8 Å². The Morgan fingerprint density at radius 1 is 0.921 bits per heavy atom. The van der Waals surface area contributed by atoms with E-state index < -0.39 is 6.04 Å². The van der Waals surface area contributed by atoms with Crippen molar-refractivity contribution in [3.8, 4) is 5.75 Å². The molecule has 0 aromatic heterocycles. The van der Waals surface area contributed by atoms with E-state index in [-0.39, 0.29) is 36.3 Å². The van der Waals surface area contributed by atoms with Crippen LogP contribution in [0.15, 0.2) is 78.9 Å². The molecule has 1 atom stereocenters. The first-order valence-corrected chi connectivity index (χ1v) is 13.5. The van der Waals surface area contributed by atoms with E-state index in [4.69, 9.17) is 16.3 Å². The summed E-state index contributed by atoms with van der Waals surface area (Å²) in [6.45, 7) is 10.9. The largest absolute Gasteiger partial charge is 0.483 e. The van der Waals surface area contributed by atoms with Crippen LogP contribution in [0, 0.1) is 5.92 Å². The Morgan fingerprint density at radius 2 is 1.55 bits per heavy atom. The lowest BCUT2D eigenvalue weighted by atomic mass is 9.86. The quantitative estimate of drug-likeness (QED) is 0.308. The summed E-state index contributed by atoms with van der Waals surface area (Å²) in [5.41, 5.74) is 2.60. The van der Waals surface area contributed by atoms with Crippen LogP contribution in [-0.4, -0.2) is 35.9 Å². The van der Waals surface area contributed by atoms with Gasteiger partial charge in [-0.15, -0.1) is 0 Å². The Morgan fingerprint density at radius 3 is 2.21 bits per heavy atom. The fourth-order valence-corrected chi connectivity index (χ4v) is 4.42. The summed E-state index contributed by atoms with van der Waals surface area (Å²) in [6.07, 6.45) is 0.375. The van der Waals surface area contributed by atoms with Crippen LogP contribution in [0.4, 0.5) is 0 Å². The van der Waals surface area contributed by atoms with Crippen LogP contribution in [0.2, 0.25) is 5.02 Å². The number of hydrogen-bond acceptors (Lipinski definition) is 3. The van der Waals surface area contributed by atoms with E-state index in [0.29, 0.717) is 23.7 Å². The van der Waals surface area contributed by atoms with Gasteiger partial charge in [-0.1, -0.05) is 113 Å². The Labute approximate surface area is 232 Å². The summed E-state index contributed by atoms with van der Waals surface area (Å²) >= 11 is 6.49. The van der Waals surface area contributed by atoms with Crippen molar-refractivity contribution in [2.75, 3.05) is 13.2 Å². The molecule has 3 rings (SSSR count). The first kappa shape index (κ1) is 29.2. The van der Waals surface area contributed by atoms with Crippen molar-refractivity contribution in [3.63, 3.8) is 0 Å². The molecule has 2 amide bonds. The number of benzene rings is 3. The molecular formula is C32H39ClN2O3. The molecule has 0 unspecified atom stereocenters. The molecule has 0 radical (unpaired) electrons. The Balaban J connectivity index is 1.94. The highest BCUT2D eigenvalue weighted by Gasteiger charge is 2.31. The maximum Gasteiger partial charge on any atom is 0.261 e. The van der Waals surface area contributed by atoms with Gasteiger partial charge in [0.25, 0.3) is 5.91 Å². The van der Waals surface area contributed by atoms with Gasteiger partial charge in [-0.3, -0.25) is 9.59 Å². The Bertz CT molecular complexity index is 1200. The van der Waals surface area contributed by atoms with Crippen molar-refractivity contribution in [1.82, 2.24) is 10.2 Å². The fraction of sp³-hybridized carbons (Fsp3) is 0.375. The van der Waals surface area contributed by atoms with Crippen LogP contribution in [0.1, 0.15) is 51.3 Å². The first-order chi connectivity index (χ1) is 18.1. The van der Waals surface area contributed by atoms with Crippen LogP contribution < -0.4 is 10.1 Å². The average molecular weight is 535 g/mol. The molecule has 202 valence electrons. The number of nitrogens with zero attached hydrogens (tertiary/aromatic N) is 1. The molecule has 0 aliphatic carbocycles. The van der Waals surface area contributed by atoms with Crippen molar-refractivity contribution in [1.29, 1.82) is 0 Å². The van der Waals surface area contributed by atoms with E-state index in [1.807, 2.05) is 86.6 Å². The molecule has 6 heteroatoms. The summed E-state index contributed by atoms with van der Waals surface area (Å²) in [4.78, 5) is 29.0. The van der Waals surface area contributed by atoms with E-state index in [1.165, 1.54) is 0 Å². The Kier molecular flexibility index (Phi) is 10.4. The maximum absolute atomic E-state index is 13.8. The number of halogens is 1. The van der Waals surface area contributed by atoms with Gasteiger partial charge in [-0.2, -0.15) is 0 Å². The number of amides is 2. The van der Waals surface area contributed by atoms with E-state index in [9.17, 15) is 9.59 Å². The molecule has 0 aliphatic heterocycles. The van der Waals surface area contributed by atoms with E-state index in [2.05, 4.69) is 26.1 Å². The standard InChI is InChI=1S/C32H39ClN2O3/c1-23(2)20-34-31(37)28(19-24-13-7-6-8-14-24)35(21-25-15-9-11-17-27(25)33)30(36)22-38-29-18-12-10-16-26(29)32(3,4)5/h6-18,23,28H,19-22H2,1-5H3,(H,34,37)/t28-/m0/s1. The summed E-state index contributed by atoms with van der Waals surface area (Å²) in [5, 5.41) is 3.58. The topological polar surface area (TPSA) is 58.6 Å². The minimum Gasteiger partial charge on any atom is -0.483 e. The van der Waals surface area contributed by atoms with Crippen LogP contribution in [0.3, 0.4) is 0 Å². The van der Waals surface area contributed by atoms with Crippen molar-refractivity contribution in [3.05, 3.63) is 101 Å². The number of para-hydroxylation sites is 1. The second kappa shape index (κ2) is 13.5. The number of carbonyl (C=O) groups excluding carboxylic acids is 2. The van der Waals surface area contributed by atoms with Crippen molar-refractivity contribution < 1.29 is 14.3 Å². The maximum atomic E-state index is 13.8. The number of carbonyl (C=O) groups is 2. The average Bonchev–Trinajstić information content (AvgIpc) is 2.89. The molecule has 0 aliphatic rings. The molecule has 38 heavy (non-hydrogen) atoms. The molecule has 0 heterocycles. The second-order valence-electron chi connectivity index (χ2n) is 11.0. The molecule has 0 bridgehead atoms. The summed E-state index contributed by atoms with van der Waals surface area (Å²) < 4.78 is 6.10. The van der Waals surface area contributed by atoms with Crippen LogP contribution in [-0.2, 0) is 28.0 Å².